The Balaban J connectivity index is 1.40. The number of benzene rings is 2. The van der Waals surface area contributed by atoms with Crippen LogP contribution in [0.1, 0.15) is 37.0 Å². The molecule has 0 saturated carbocycles. The zero-order chi connectivity index (χ0) is 19.5. The van der Waals surface area contributed by atoms with Gasteiger partial charge in [0.05, 0.1) is 0 Å². The number of nitrogens with zero attached hydrogens (tertiary/aromatic N) is 5. The first-order valence-corrected chi connectivity index (χ1v) is 10.1. The molecular weight excluding hydrogens is 346 g/mol. The molecule has 1 aliphatic heterocycles. The molecule has 2 heterocycles. The molecule has 0 N–H and O–H groups in total. The van der Waals surface area contributed by atoms with Gasteiger partial charge in [0.1, 0.15) is 11.6 Å². The summed E-state index contributed by atoms with van der Waals surface area (Å²) in [6.45, 7) is 8.40. The Morgan fingerprint density at radius 3 is 2.32 bits per heavy atom. The SMILES string of the molecule is CC(C)c1nnc2n1CCN(Cc1ccc(N(C)c3ccccc3)cc1)CC2. The summed E-state index contributed by atoms with van der Waals surface area (Å²) in [5.41, 5.74) is 3.76. The highest BCUT2D eigenvalue weighted by Gasteiger charge is 2.20. The Bertz CT molecular complexity index is 899. The lowest BCUT2D eigenvalue weighted by Crippen LogP contribution is -2.26. The normalized spacial score (nSPS) is 14.7. The van der Waals surface area contributed by atoms with Gasteiger partial charge >= 0.3 is 0 Å². The maximum Gasteiger partial charge on any atom is 0.135 e. The van der Waals surface area contributed by atoms with Crippen molar-refractivity contribution in [2.45, 2.75) is 39.3 Å². The molecule has 0 atom stereocenters. The van der Waals surface area contributed by atoms with Gasteiger partial charge in [-0.25, -0.2) is 0 Å². The quantitative estimate of drug-likeness (QED) is 0.669. The van der Waals surface area contributed by atoms with E-state index in [4.69, 9.17) is 0 Å². The molecule has 28 heavy (non-hydrogen) atoms. The summed E-state index contributed by atoms with van der Waals surface area (Å²) in [6, 6.07) is 19.4. The topological polar surface area (TPSA) is 37.2 Å². The second kappa shape index (κ2) is 8.15. The van der Waals surface area contributed by atoms with Gasteiger partial charge in [-0.3, -0.25) is 4.90 Å². The number of hydrogen-bond donors (Lipinski definition) is 0. The third-order valence-corrected chi connectivity index (χ3v) is 5.54. The molecule has 0 saturated heterocycles. The van der Waals surface area contributed by atoms with Crippen LogP contribution in [-0.4, -0.2) is 39.8 Å². The molecule has 2 aromatic carbocycles. The third kappa shape index (κ3) is 3.94. The number of para-hydroxylation sites is 1. The van der Waals surface area contributed by atoms with Crippen LogP contribution in [0.15, 0.2) is 54.6 Å². The molecule has 0 radical (unpaired) electrons. The Hall–Kier alpha value is -2.66. The zero-order valence-corrected chi connectivity index (χ0v) is 17.0. The lowest BCUT2D eigenvalue weighted by atomic mass is 10.1. The van der Waals surface area contributed by atoms with Crippen LogP contribution in [0.2, 0.25) is 0 Å². The Kier molecular flexibility index (Phi) is 5.44. The van der Waals surface area contributed by atoms with Crippen LogP contribution in [0.5, 0.6) is 0 Å². The van der Waals surface area contributed by atoms with Gasteiger partial charge in [0.15, 0.2) is 0 Å². The van der Waals surface area contributed by atoms with E-state index in [-0.39, 0.29) is 0 Å². The van der Waals surface area contributed by atoms with E-state index >= 15 is 0 Å². The minimum absolute atomic E-state index is 0.418. The molecule has 0 amide bonds. The first-order chi connectivity index (χ1) is 13.6. The number of anilines is 2. The van der Waals surface area contributed by atoms with Crippen molar-refractivity contribution >= 4 is 11.4 Å². The standard InChI is InChI=1S/C23H29N5/c1-18(2)23-25-24-22-13-14-27(15-16-28(22)23)17-19-9-11-21(12-10-19)26(3)20-7-5-4-6-8-20/h4-12,18H,13-17H2,1-3H3. The number of fused-ring (bicyclic) bond motifs is 1. The molecule has 0 bridgehead atoms. The van der Waals surface area contributed by atoms with Crippen LogP contribution < -0.4 is 4.90 Å². The maximum absolute atomic E-state index is 4.42. The largest absolute Gasteiger partial charge is 0.345 e. The second-order valence-electron chi connectivity index (χ2n) is 7.87. The molecule has 1 aliphatic rings. The van der Waals surface area contributed by atoms with Crippen LogP contribution in [-0.2, 0) is 19.5 Å². The van der Waals surface area contributed by atoms with Gasteiger partial charge in [-0.05, 0) is 29.8 Å². The predicted octanol–water partition coefficient (Wildman–Crippen LogP) is 4.23. The minimum atomic E-state index is 0.418. The molecule has 1 aromatic heterocycles. The highest BCUT2D eigenvalue weighted by Crippen LogP contribution is 2.24. The third-order valence-electron chi connectivity index (χ3n) is 5.54. The van der Waals surface area contributed by atoms with E-state index in [0.29, 0.717) is 5.92 Å². The predicted molar refractivity (Wildman–Crippen MR) is 114 cm³/mol. The van der Waals surface area contributed by atoms with Crippen molar-refractivity contribution in [2.75, 3.05) is 25.0 Å². The lowest BCUT2D eigenvalue weighted by Gasteiger charge is -2.22. The molecule has 146 valence electrons. The lowest BCUT2D eigenvalue weighted by molar-refractivity contribution is 0.270. The van der Waals surface area contributed by atoms with Crippen molar-refractivity contribution in [3.8, 4) is 0 Å². The van der Waals surface area contributed by atoms with Crippen molar-refractivity contribution in [1.29, 1.82) is 0 Å². The van der Waals surface area contributed by atoms with Crippen molar-refractivity contribution in [1.82, 2.24) is 19.7 Å². The number of aromatic nitrogens is 3. The summed E-state index contributed by atoms with van der Waals surface area (Å²) in [5, 5.41) is 8.81. The van der Waals surface area contributed by atoms with E-state index in [1.54, 1.807) is 0 Å². The molecule has 5 nitrogen and oxygen atoms in total. The molecular formula is C23H29N5. The smallest absolute Gasteiger partial charge is 0.135 e. The molecule has 0 spiro atoms. The second-order valence-corrected chi connectivity index (χ2v) is 7.87. The van der Waals surface area contributed by atoms with Crippen molar-refractivity contribution in [2.24, 2.45) is 0 Å². The van der Waals surface area contributed by atoms with Crippen LogP contribution in [0.25, 0.3) is 0 Å². The highest BCUT2D eigenvalue weighted by atomic mass is 15.3. The summed E-state index contributed by atoms with van der Waals surface area (Å²) in [4.78, 5) is 4.74. The molecule has 3 aromatic rings. The van der Waals surface area contributed by atoms with Gasteiger partial charge in [0.2, 0.25) is 0 Å². The number of rotatable bonds is 5. The summed E-state index contributed by atoms with van der Waals surface area (Å²) in [7, 11) is 2.11. The Morgan fingerprint density at radius 1 is 0.893 bits per heavy atom. The van der Waals surface area contributed by atoms with E-state index in [2.05, 4.69) is 94.0 Å². The van der Waals surface area contributed by atoms with E-state index in [1.807, 2.05) is 6.07 Å². The maximum atomic E-state index is 4.42. The summed E-state index contributed by atoms with van der Waals surface area (Å²) >= 11 is 0. The summed E-state index contributed by atoms with van der Waals surface area (Å²) in [5.74, 6) is 2.66. The average molecular weight is 376 g/mol. The number of hydrogen-bond acceptors (Lipinski definition) is 4. The Morgan fingerprint density at radius 2 is 1.61 bits per heavy atom. The van der Waals surface area contributed by atoms with Crippen LogP contribution >= 0.6 is 0 Å². The van der Waals surface area contributed by atoms with E-state index in [1.165, 1.54) is 16.9 Å². The van der Waals surface area contributed by atoms with E-state index in [0.717, 1.165) is 44.2 Å². The van der Waals surface area contributed by atoms with Gasteiger partial charge < -0.3 is 9.47 Å². The summed E-state index contributed by atoms with van der Waals surface area (Å²) in [6.07, 6.45) is 0.967. The average Bonchev–Trinajstić information content (AvgIpc) is 3.04. The monoisotopic (exact) mass is 375 g/mol. The van der Waals surface area contributed by atoms with Crippen molar-refractivity contribution in [3.63, 3.8) is 0 Å². The Labute approximate surface area is 167 Å². The van der Waals surface area contributed by atoms with Gasteiger partial charge in [-0.15, -0.1) is 10.2 Å². The van der Waals surface area contributed by atoms with Gasteiger partial charge in [0, 0.05) is 56.9 Å². The molecule has 5 heteroatoms. The fraction of sp³-hybridized carbons (Fsp3) is 0.391. The fourth-order valence-corrected chi connectivity index (χ4v) is 3.86. The van der Waals surface area contributed by atoms with Crippen molar-refractivity contribution in [3.05, 3.63) is 71.8 Å². The van der Waals surface area contributed by atoms with Crippen LogP contribution in [0.4, 0.5) is 11.4 Å². The molecule has 0 unspecified atom stereocenters. The highest BCUT2D eigenvalue weighted by molar-refractivity contribution is 5.62. The van der Waals surface area contributed by atoms with Crippen LogP contribution in [0.3, 0.4) is 0 Å². The first-order valence-electron chi connectivity index (χ1n) is 10.1. The van der Waals surface area contributed by atoms with Crippen LogP contribution in [0, 0.1) is 0 Å². The summed E-state index contributed by atoms with van der Waals surface area (Å²) < 4.78 is 2.32. The van der Waals surface area contributed by atoms with Gasteiger partial charge in [-0.1, -0.05) is 44.2 Å². The minimum Gasteiger partial charge on any atom is -0.345 e. The van der Waals surface area contributed by atoms with E-state index in [9.17, 15) is 0 Å². The molecule has 0 fully saturated rings. The molecule has 0 aliphatic carbocycles. The van der Waals surface area contributed by atoms with Gasteiger partial charge in [-0.2, -0.15) is 0 Å². The molecule has 4 rings (SSSR count). The zero-order valence-electron chi connectivity index (χ0n) is 17.0. The van der Waals surface area contributed by atoms with Crippen molar-refractivity contribution < 1.29 is 0 Å². The fourth-order valence-electron chi connectivity index (χ4n) is 3.86. The van der Waals surface area contributed by atoms with E-state index < -0.39 is 0 Å². The first kappa shape index (κ1) is 18.7. The van der Waals surface area contributed by atoms with Gasteiger partial charge in [0.25, 0.3) is 0 Å².